The third kappa shape index (κ3) is 2.36. The second-order valence-corrected chi connectivity index (χ2v) is 7.22. The molecule has 0 atom stereocenters. The molecule has 0 aromatic carbocycles. The summed E-state index contributed by atoms with van der Waals surface area (Å²) >= 11 is 0. The largest absolute Gasteiger partial charge is 0.379 e. The first-order valence-electron chi connectivity index (χ1n) is 4.22. The van der Waals surface area contributed by atoms with E-state index in [1.54, 1.807) is 7.11 Å². The van der Waals surface area contributed by atoms with Crippen molar-refractivity contribution in [1.82, 2.24) is 0 Å². The number of rotatable bonds is 4. The topological polar surface area (TPSA) is 43.4 Å². The summed E-state index contributed by atoms with van der Waals surface area (Å²) in [5, 5.41) is 0. The van der Waals surface area contributed by atoms with Gasteiger partial charge >= 0.3 is 0 Å². The molecule has 0 spiro atoms. The summed E-state index contributed by atoms with van der Waals surface area (Å²) in [6.07, 6.45) is 1.79. The molecule has 0 aromatic rings. The van der Waals surface area contributed by atoms with Crippen molar-refractivity contribution in [2.75, 3.05) is 7.11 Å². The van der Waals surface area contributed by atoms with E-state index >= 15 is 0 Å². The Bertz CT molecular complexity index is 291. The van der Waals surface area contributed by atoms with Crippen LogP contribution in [0, 0.1) is 0 Å². The maximum atomic E-state index is 11.2. The lowest BCUT2D eigenvalue weighted by Gasteiger charge is -2.26. The maximum Gasteiger partial charge on any atom is 0.238 e. The van der Waals surface area contributed by atoms with Gasteiger partial charge in [0.2, 0.25) is 9.05 Å². The van der Waals surface area contributed by atoms with Crippen molar-refractivity contribution in [1.29, 1.82) is 0 Å². The molecule has 3 nitrogen and oxygen atoms in total. The minimum absolute atomic E-state index is 0.418. The Morgan fingerprint density at radius 1 is 1.46 bits per heavy atom. The SMILES string of the molecule is COC(C)(C)CC1(S(=O)(=O)Cl)CC1. The average molecular weight is 227 g/mol. The van der Waals surface area contributed by atoms with E-state index in [4.69, 9.17) is 15.4 Å². The Balaban J connectivity index is 2.76. The number of halogens is 1. The van der Waals surface area contributed by atoms with Crippen LogP contribution in [0.15, 0.2) is 0 Å². The molecule has 0 unspecified atom stereocenters. The fourth-order valence-electron chi connectivity index (χ4n) is 1.49. The van der Waals surface area contributed by atoms with Crippen molar-refractivity contribution in [3.8, 4) is 0 Å². The molecule has 5 heteroatoms. The van der Waals surface area contributed by atoms with Crippen molar-refractivity contribution in [2.45, 2.75) is 43.5 Å². The Hall–Kier alpha value is 0.200. The summed E-state index contributed by atoms with van der Waals surface area (Å²) in [4.78, 5) is 0. The van der Waals surface area contributed by atoms with E-state index in [0.29, 0.717) is 19.3 Å². The Labute approximate surface area is 83.8 Å². The molecule has 1 rings (SSSR count). The summed E-state index contributed by atoms with van der Waals surface area (Å²) in [5.41, 5.74) is -0.418. The zero-order valence-electron chi connectivity index (χ0n) is 8.13. The molecule has 1 aliphatic carbocycles. The molecule has 0 saturated heterocycles. The molecule has 0 aromatic heterocycles. The highest BCUT2D eigenvalue weighted by Crippen LogP contribution is 2.51. The lowest BCUT2D eigenvalue weighted by atomic mass is 10.0. The van der Waals surface area contributed by atoms with Gasteiger partial charge in [0.25, 0.3) is 0 Å². The van der Waals surface area contributed by atoms with E-state index in [1.807, 2.05) is 13.8 Å². The van der Waals surface area contributed by atoms with E-state index in [9.17, 15) is 8.42 Å². The molecule has 0 radical (unpaired) electrons. The fourth-order valence-corrected chi connectivity index (χ4v) is 3.23. The monoisotopic (exact) mass is 226 g/mol. The first kappa shape index (κ1) is 11.3. The lowest BCUT2D eigenvalue weighted by Crippen LogP contribution is -2.33. The van der Waals surface area contributed by atoms with Crippen LogP contribution in [0.4, 0.5) is 0 Å². The zero-order chi connectivity index (χ0) is 10.3. The van der Waals surface area contributed by atoms with E-state index < -0.39 is 19.4 Å². The van der Waals surface area contributed by atoms with Crippen LogP contribution >= 0.6 is 10.7 Å². The van der Waals surface area contributed by atoms with Crippen molar-refractivity contribution in [3.63, 3.8) is 0 Å². The van der Waals surface area contributed by atoms with Gasteiger partial charge in [-0.1, -0.05) is 0 Å². The van der Waals surface area contributed by atoms with Crippen LogP contribution in [0.2, 0.25) is 0 Å². The van der Waals surface area contributed by atoms with Crippen LogP contribution in [0.1, 0.15) is 33.1 Å². The Morgan fingerprint density at radius 3 is 2.15 bits per heavy atom. The highest BCUT2D eigenvalue weighted by atomic mass is 35.7. The summed E-state index contributed by atoms with van der Waals surface area (Å²) in [6, 6.07) is 0. The smallest absolute Gasteiger partial charge is 0.238 e. The van der Waals surface area contributed by atoms with Crippen LogP contribution < -0.4 is 0 Å². The zero-order valence-corrected chi connectivity index (χ0v) is 9.70. The van der Waals surface area contributed by atoms with Gasteiger partial charge < -0.3 is 4.74 Å². The molecule has 78 valence electrons. The summed E-state index contributed by atoms with van der Waals surface area (Å²) < 4.78 is 26.9. The predicted molar refractivity (Wildman–Crippen MR) is 52.4 cm³/mol. The molecule has 0 heterocycles. The van der Waals surface area contributed by atoms with Crippen LogP contribution in [-0.4, -0.2) is 25.9 Å². The summed E-state index contributed by atoms with van der Waals surface area (Å²) in [5.74, 6) is 0. The van der Waals surface area contributed by atoms with Gasteiger partial charge in [-0.3, -0.25) is 0 Å². The van der Waals surface area contributed by atoms with Crippen molar-refractivity contribution < 1.29 is 13.2 Å². The first-order chi connectivity index (χ1) is 5.72. The van der Waals surface area contributed by atoms with E-state index in [-0.39, 0.29) is 0 Å². The van der Waals surface area contributed by atoms with Gasteiger partial charge in [0.15, 0.2) is 0 Å². The van der Waals surface area contributed by atoms with Crippen molar-refractivity contribution >= 4 is 19.7 Å². The number of hydrogen-bond donors (Lipinski definition) is 0. The van der Waals surface area contributed by atoms with Crippen molar-refractivity contribution in [3.05, 3.63) is 0 Å². The minimum Gasteiger partial charge on any atom is -0.379 e. The van der Waals surface area contributed by atoms with Crippen molar-refractivity contribution in [2.24, 2.45) is 0 Å². The first-order valence-corrected chi connectivity index (χ1v) is 6.53. The van der Waals surface area contributed by atoms with Crippen LogP contribution in [-0.2, 0) is 13.8 Å². The predicted octanol–water partition coefficient (Wildman–Crippen LogP) is 1.90. The third-order valence-corrected chi connectivity index (χ3v) is 5.19. The Morgan fingerprint density at radius 2 is 1.92 bits per heavy atom. The summed E-state index contributed by atoms with van der Waals surface area (Å²) in [7, 11) is 3.50. The highest BCUT2D eigenvalue weighted by molar-refractivity contribution is 8.15. The van der Waals surface area contributed by atoms with Crippen LogP contribution in [0.3, 0.4) is 0 Å². The van der Waals surface area contributed by atoms with E-state index in [0.717, 1.165) is 0 Å². The quantitative estimate of drug-likeness (QED) is 0.688. The summed E-state index contributed by atoms with van der Waals surface area (Å²) in [6.45, 7) is 3.74. The van der Waals surface area contributed by atoms with Crippen LogP contribution in [0.25, 0.3) is 0 Å². The molecule has 13 heavy (non-hydrogen) atoms. The minimum atomic E-state index is -3.44. The number of ether oxygens (including phenoxy) is 1. The Kier molecular flexibility index (Phi) is 2.69. The lowest BCUT2D eigenvalue weighted by molar-refractivity contribution is 0.0132. The molecule has 1 fully saturated rings. The van der Waals surface area contributed by atoms with E-state index in [2.05, 4.69) is 0 Å². The van der Waals surface area contributed by atoms with Gasteiger partial charge in [0, 0.05) is 17.8 Å². The molecule has 0 aliphatic heterocycles. The van der Waals surface area contributed by atoms with Gasteiger partial charge in [-0.25, -0.2) is 8.42 Å². The van der Waals surface area contributed by atoms with Crippen LogP contribution in [0.5, 0.6) is 0 Å². The molecule has 1 aliphatic rings. The normalized spacial score (nSPS) is 21.5. The molecule has 1 saturated carbocycles. The number of methoxy groups -OCH3 is 1. The molecular formula is C8H15ClO3S. The average Bonchev–Trinajstić information content (AvgIpc) is 2.67. The highest BCUT2D eigenvalue weighted by Gasteiger charge is 2.56. The molecule has 0 N–H and O–H groups in total. The van der Waals surface area contributed by atoms with Gasteiger partial charge in [0.1, 0.15) is 0 Å². The van der Waals surface area contributed by atoms with Gasteiger partial charge in [0.05, 0.1) is 10.3 Å². The van der Waals surface area contributed by atoms with E-state index in [1.165, 1.54) is 0 Å². The second kappa shape index (κ2) is 3.11. The molecule has 0 amide bonds. The standard InChI is InChI=1S/C8H15ClO3S/c1-7(2,12-3)6-8(4-5-8)13(9,10)11/h4-6H2,1-3H3. The third-order valence-electron chi connectivity index (χ3n) is 2.63. The molecular weight excluding hydrogens is 212 g/mol. The number of hydrogen-bond acceptors (Lipinski definition) is 3. The maximum absolute atomic E-state index is 11.2. The van der Waals surface area contributed by atoms with Gasteiger partial charge in [-0.05, 0) is 33.1 Å². The molecule has 0 bridgehead atoms. The fraction of sp³-hybridized carbons (Fsp3) is 1.00. The van der Waals surface area contributed by atoms with Gasteiger partial charge in [-0.2, -0.15) is 0 Å². The second-order valence-electron chi connectivity index (χ2n) is 4.26. The van der Waals surface area contributed by atoms with Gasteiger partial charge in [-0.15, -0.1) is 0 Å².